The first-order valence-corrected chi connectivity index (χ1v) is 6.66. The van der Waals surface area contributed by atoms with Gasteiger partial charge in [-0.05, 0) is 31.5 Å². The summed E-state index contributed by atoms with van der Waals surface area (Å²) < 4.78 is 12.8. The van der Waals surface area contributed by atoms with Crippen LogP contribution >= 0.6 is 0 Å². The highest BCUT2D eigenvalue weighted by Crippen LogP contribution is 2.10. The molecule has 0 radical (unpaired) electrons. The van der Waals surface area contributed by atoms with Crippen molar-refractivity contribution in [2.24, 2.45) is 0 Å². The first-order chi connectivity index (χ1) is 9.72. The van der Waals surface area contributed by atoms with E-state index in [9.17, 15) is 4.39 Å². The molecule has 0 aliphatic heterocycles. The van der Waals surface area contributed by atoms with Gasteiger partial charge < -0.3 is 10.2 Å². The normalized spacial score (nSPS) is 10.3. The summed E-state index contributed by atoms with van der Waals surface area (Å²) in [4.78, 5) is 6.44. The summed E-state index contributed by atoms with van der Waals surface area (Å²) in [5, 5.41) is 11.1. The minimum atomic E-state index is -0.235. The summed E-state index contributed by atoms with van der Waals surface area (Å²) >= 11 is 0. The summed E-state index contributed by atoms with van der Waals surface area (Å²) in [7, 11) is 0. The van der Waals surface area contributed by atoms with Crippen LogP contribution in [0.3, 0.4) is 0 Å². The molecule has 0 saturated carbocycles. The largest absolute Gasteiger partial charge is 0.365 e. The SMILES string of the molecule is CCN(CC)c1nncc(NCc2ccc(F)cc2)n1. The van der Waals surface area contributed by atoms with Crippen LogP contribution in [0.5, 0.6) is 0 Å². The Hall–Kier alpha value is -2.24. The Morgan fingerprint density at radius 1 is 1.15 bits per heavy atom. The third-order valence-electron chi connectivity index (χ3n) is 2.98. The molecule has 5 nitrogen and oxygen atoms in total. The summed E-state index contributed by atoms with van der Waals surface area (Å²) in [5.41, 5.74) is 0.981. The zero-order chi connectivity index (χ0) is 14.4. The average Bonchev–Trinajstić information content (AvgIpc) is 2.48. The third-order valence-corrected chi connectivity index (χ3v) is 2.98. The molecule has 0 amide bonds. The van der Waals surface area contributed by atoms with Gasteiger partial charge in [-0.15, -0.1) is 5.10 Å². The van der Waals surface area contributed by atoms with Gasteiger partial charge in [-0.3, -0.25) is 0 Å². The molecular weight excluding hydrogens is 257 g/mol. The molecule has 0 aliphatic rings. The van der Waals surface area contributed by atoms with E-state index in [2.05, 4.69) is 20.5 Å². The van der Waals surface area contributed by atoms with Gasteiger partial charge in [-0.2, -0.15) is 10.1 Å². The first kappa shape index (κ1) is 14.2. The van der Waals surface area contributed by atoms with Crippen molar-refractivity contribution in [1.29, 1.82) is 0 Å². The fourth-order valence-electron chi connectivity index (χ4n) is 1.81. The van der Waals surface area contributed by atoms with Gasteiger partial charge in [0.2, 0.25) is 5.95 Å². The maximum atomic E-state index is 12.8. The molecule has 0 bridgehead atoms. The number of hydrogen-bond acceptors (Lipinski definition) is 5. The molecule has 2 rings (SSSR count). The maximum absolute atomic E-state index is 12.8. The zero-order valence-electron chi connectivity index (χ0n) is 11.7. The van der Waals surface area contributed by atoms with E-state index in [-0.39, 0.29) is 5.82 Å². The van der Waals surface area contributed by atoms with Gasteiger partial charge in [0.15, 0.2) is 5.82 Å². The fraction of sp³-hybridized carbons (Fsp3) is 0.357. The van der Waals surface area contributed by atoms with Gasteiger partial charge in [-0.25, -0.2) is 4.39 Å². The van der Waals surface area contributed by atoms with Gasteiger partial charge in [-0.1, -0.05) is 12.1 Å². The number of benzene rings is 1. The van der Waals surface area contributed by atoms with E-state index < -0.39 is 0 Å². The molecule has 1 heterocycles. The Balaban J connectivity index is 2.02. The van der Waals surface area contributed by atoms with E-state index in [1.165, 1.54) is 12.1 Å². The molecule has 20 heavy (non-hydrogen) atoms. The first-order valence-electron chi connectivity index (χ1n) is 6.66. The number of halogens is 1. The minimum absolute atomic E-state index is 0.235. The molecule has 0 fully saturated rings. The van der Waals surface area contributed by atoms with Crippen LogP contribution in [0.15, 0.2) is 30.5 Å². The molecule has 1 aromatic heterocycles. The molecule has 0 unspecified atom stereocenters. The van der Waals surface area contributed by atoms with Crippen molar-refractivity contribution in [1.82, 2.24) is 15.2 Å². The van der Waals surface area contributed by atoms with E-state index in [0.29, 0.717) is 18.3 Å². The lowest BCUT2D eigenvalue weighted by molar-refractivity contribution is 0.627. The predicted molar refractivity (Wildman–Crippen MR) is 77.1 cm³/mol. The summed E-state index contributed by atoms with van der Waals surface area (Å²) in [5.74, 6) is 1.03. The molecule has 2 aromatic rings. The van der Waals surface area contributed by atoms with Gasteiger partial charge in [0.25, 0.3) is 0 Å². The van der Waals surface area contributed by atoms with Gasteiger partial charge >= 0.3 is 0 Å². The highest BCUT2D eigenvalue weighted by atomic mass is 19.1. The number of nitrogens with zero attached hydrogens (tertiary/aromatic N) is 4. The summed E-state index contributed by atoms with van der Waals surface area (Å²) in [6, 6.07) is 6.36. The number of hydrogen-bond donors (Lipinski definition) is 1. The van der Waals surface area contributed by atoms with Gasteiger partial charge in [0.05, 0.1) is 6.20 Å². The van der Waals surface area contributed by atoms with Crippen LogP contribution in [-0.4, -0.2) is 28.3 Å². The predicted octanol–water partition coefficient (Wildman–Crippen LogP) is 2.47. The number of nitrogens with one attached hydrogen (secondary N) is 1. The topological polar surface area (TPSA) is 53.9 Å². The quantitative estimate of drug-likeness (QED) is 0.877. The van der Waals surface area contributed by atoms with Gasteiger partial charge in [0.1, 0.15) is 5.82 Å². The Bertz CT molecular complexity index is 540. The molecule has 1 N–H and O–H groups in total. The van der Waals surface area contributed by atoms with E-state index >= 15 is 0 Å². The van der Waals surface area contributed by atoms with Crippen molar-refractivity contribution >= 4 is 11.8 Å². The number of anilines is 2. The maximum Gasteiger partial charge on any atom is 0.247 e. The molecule has 0 saturated heterocycles. The fourth-order valence-corrected chi connectivity index (χ4v) is 1.81. The van der Waals surface area contributed by atoms with Crippen LogP contribution in [0, 0.1) is 5.82 Å². The van der Waals surface area contributed by atoms with Crippen molar-refractivity contribution in [2.75, 3.05) is 23.3 Å². The Morgan fingerprint density at radius 2 is 1.85 bits per heavy atom. The van der Waals surface area contributed by atoms with Crippen LogP contribution in [0.25, 0.3) is 0 Å². The highest BCUT2D eigenvalue weighted by Gasteiger charge is 2.06. The van der Waals surface area contributed by atoms with Gasteiger partial charge in [0, 0.05) is 19.6 Å². The monoisotopic (exact) mass is 275 g/mol. The molecule has 0 aliphatic carbocycles. The smallest absolute Gasteiger partial charge is 0.247 e. The molecular formula is C14H18FN5. The number of rotatable bonds is 6. The Kier molecular flexibility index (Phi) is 4.81. The molecule has 0 spiro atoms. The second-order valence-electron chi connectivity index (χ2n) is 4.29. The van der Waals surface area contributed by atoms with E-state index in [1.54, 1.807) is 18.3 Å². The minimum Gasteiger partial charge on any atom is -0.365 e. The molecule has 106 valence electrons. The van der Waals surface area contributed by atoms with Crippen molar-refractivity contribution in [3.05, 3.63) is 41.8 Å². The van der Waals surface area contributed by atoms with Crippen molar-refractivity contribution in [3.8, 4) is 0 Å². The second kappa shape index (κ2) is 6.79. The summed E-state index contributed by atoms with van der Waals surface area (Å²) in [6.45, 7) is 6.33. The van der Waals surface area contributed by atoms with Crippen LogP contribution in [0.1, 0.15) is 19.4 Å². The van der Waals surface area contributed by atoms with Crippen LogP contribution < -0.4 is 10.2 Å². The molecule has 6 heteroatoms. The Labute approximate surface area is 117 Å². The lowest BCUT2D eigenvalue weighted by Crippen LogP contribution is -2.24. The van der Waals surface area contributed by atoms with E-state index in [0.717, 1.165) is 18.7 Å². The summed E-state index contributed by atoms with van der Waals surface area (Å²) in [6.07, 6.45) is 1.58. The van der Waals surface area contributed by atoms with E-state index in [4.69, 9.17) is 0 Å². The van der Waals surface area contributed by atoms with Crippen LogP contribution in [-0.2, 0) is 6.54 Å². The lowest BCUT2D eigenvalue weighted by atomic mass is 10.2. The van der Waals surface area contributed by atoms with Crippen molar-refractivity contribution < 1.29 is 4.39 Å². The Morgan fingerprint density at radius 3 is 2.50 bits per heavy atom. The number of aromatic nitrogens is 3. The lowest BCUT2D eigenvalue weighted by Gasteiger charge is -2.18. The molecule has 1 aromatic carbocycles. The van der Waals surface area contributed by atoms with Crippen molar-refractivity contribution in [2.45, 2.75) is 20.4 Å². The van der Waals surface area contributed by atoms with Crippen molar-refractivity contribution in [3.63, 3.8) is 0 Å². The molecule has 0 atom stereocenters. The second-order valence-corrected chi connectivity index (χ2v) is 4.29. The van der Waals surface area contributed by atoms with Crippen LogP contribution in [0.4, 0.5) is 16.2 Å². The van der Waals surface area contributed by atoms with Crippen LogP contribution in [0.2, 0.25) is 0 Å². The average molecular weight is 275 g/mol. The third kappa shape index (κ3) is 3.63. The highest BCUT2D eigenvalue weighted by molar-refractivity contribution is 5.39. The zero-order valence-corrected chi connectivity index (χ0v) is 11.7. The van der Waals surface area contributed by atoms with E-state index in [1.807, 2.05) is 18.7 Å². The standard InChI is InChI=1S/C14H18FN5/c1-3-20(4-2)14-18-13(10-17-19-14)16-9-11-5-7-12(15)8-6-11/h5-8,10H,3-4,9H2,1-2H3,(H,16,18,19).